The maximum Gasteiger partial charge on any atom is 2.00 e. The number of aryl methyl sites for hydroxylation is 1. The van der Waals surface area contributed by atoms with Crippen molar-refractivity contribution >= 4 is 66.4 Å². The molecule has 2 amide bonds. The van der Waals surface area contributed by atoms with Gasteiger partial charge in [0.05, 0.1) is 5.60 Å². The van der Waals surface area contributed by atoms with Gasteiger partial charge in [0.2, 0.25) is 6.29 Å². The Morgan fingerprint density at radius 1 is 1.20 bits per heavy atom. The number of nitrogens with one attached hydrogen (secondary N) is 1. The SMILES string of the molecule is COC1C(OC(N)=O)C(O)C(Oc2ccc3c([O-])c(NC(=O)c4ccc(O)c(CC=C(C)C)c4)c(=O)oc3c2C)OC1(C)C.[Ca+2]. The molecule has 1 aromatic heterocycles. The quantitative estimate of drug-likeness (QED) is 0.158. The van der Waals surface area contributed by atoms with Gasteiger partial charge in [-0.1, -0.05) is 17.4 Å². The zero-order chi connectivity index (χ0) is 32.5. The van der Waals surface area contributed by atoms with Crippen LogP contribution in [0.4, 0.5) is 10.5 Å². The number of anilines is 1. The maximum atomic E-state index is 13.3. The van der Waals surface area contributed by atoms with E-state index in [2.05, 4.69) is 5.32 Å². The summed E-state index contributed by atoms with van der Waals surface area (Å²) in [7, 11) is 1.36. The van der Waals surface area contributed by atoms with E-state index in [0.717, 1.165) is 5.57 Å². The molecular weight excluding hydrogens is 616 g/mol. The number of hydrogen-bond acceptors (Lipinski definition) is 11. The molecule has 1 aliphatic heterocycles. The van der Waals surface area contributed by atoms with E-state index in [1.165, 1.54) is 44.4 Å². The molecule has 5 N–H and O–H groups in total. The van der Waals surface area contributed by atoms with Crippen LogP contribution < -0.4 is 26.5 Å². The topological polar surface area (TPSA) is 203 Å². The fourth-order valence-corrected chi connectivity index (χ4v) is 5.05. The molecule has 0 radical (unpaired) electrons. The largest absolute Gasteiger partial charge is 2.00 e. The summed E-state index contributed by atoms with van der Waals surface area (Å²) < 4.78 is 27.8. The number of benzene rings is 2. The summed E-state index contributed by atoms with van der Waals surface area (Å²) in [5, 5.41) is 36.7. The second-order valence-electron chi connectivity index (χ2n) is 11.2. The minimum Gasteiger partial charge on any atom is -0.870 e. The average molecular weight is 652 g/mol. The summed E-state index contributed by atoms with van der Waals surface area (Å²) in [6.45, 7) is 8.63. The molecule has 45 heavy (non-hydrogen) atoms. The number of aliphatic hydroxyl groups excluding tert-OH is 1. The average Bonchev–Trinajstić information content (AvgIpc) is 2.94. The van der Waals surface area contributed by atoms with Crippen LogP contribution >= 0.6 is 0 Å². The van der Waals surface area contributed by atoms with Gasteiger partial charge in [-0.2, -0.15) is 0 Å². The Bertz CT molecular complexity index is 1680. The molecule has 1 saturated heterocycles. The van der Waals surface area contributed by atoms with Crippen molar-refractivity contribution in [2.24, 2.45) is 5.73 Å². The molecule has 13 nitrogen and oxygen atoms in total. The molecule has 4 unspecified atom stereocenters. The van der Waals surface area contributed by atoms with Crippen molar-refractivity contribution in [2.75, 3.05) is 12.4 Å². The van der Waals surface area contributed by atoms with Crippen molar-refractivity contribution in [3.05, 3.63) is 69.1 Å². The Balaban J connectivity index is 0.00000552. The second-order valence-corrected chi connectivity index (χ2v) is 11.2. The zero-order valence-electron chi connectivity index (χ0n) is 25.8. The molecule has 0 spiro atoms. The molecule has 1 fully saturated rings. The van der Waals surface area contributed by atoms with Crippen LogP contribution in [0.1, 0.15) is 49.2 Å². The van der Waals surface area contributed by atoms with Gasteiger partial charge in [0.1, 0.15) is 28.9 Å². The second kappa shape index (κ2) is 14.4. The molecule has 0 aliphatic carbocycles. The summed E-state index contributed by atoms with van der Waals surface area (Å²) in [4.78, 5) is 37.4. The molecule has 4 rings (SSSR count). The first-order chi connectivity index (χ1) is 20.6. The van der Waals surface area contributed by atoms with Crippen LogP contribution in [-0.4, -0.2) is 97.3 Å². The van der Waals surface area contributed by atoms with Crippen LogP contribution in [0.25, 0.3) is 11.0 Å². The van der Waals surface area contributed by atoms with E-state index in [1.54, 1.807) is 13.8 Å². The summed E-state index contributed by atoms with van der Waals surface area (Å²) in [6.07, 6.45) is -3.88. The molecule has 1 aliphatic rings. The van der Waals surface area contributed by atoms with E-state index in [1.807, 2.05) is 19.9 Å². The van der Waals surface area contributed by atoms with Gasteiger partial charge in [0.25, 0.3) is 5.91 Å². The molecular formula is C31H35CaN2O11+. The van der Waals surface area contributed by atoms with Crippen LogP contribution in [0.15, 0.2) is 51.2 Å². The number of amides is 2. The Kier molecular flexibility index (Phi) is 11.6. The first-order valence-electron chi connectivity index (χ1n) is 13.7. The Hall–Kier alpha value is -3.33. The van der Waals surface area contributed by atoms with Gasteiger partial charge in [-0.05, 0) is 76.9 Å². The van der Waals surface area contributed by atoms with Gasteiger partial charge >= 0.3 is 49.5 Å². The monoisotopic (exact) mass is 651 g/mol. The number of methoxy groups -OCH3 is 1. The number of fused-ring (bicyclic) bond motifs is 1. The number of allylic oxidation sites excluding steroid dienone is 2. The zero-order valence-corrected chi connectivity index (χ0v) is 28.0. The van der Waals surface area contributed by atoms with E-state index in [-0.39, 0.29) is 71.3 Å². The van der Waals surface area contributed by atoms with E-state index in [9.17, 15) is 29.7 Å². The number of primary amides is 1. The summed E-state index contributed by atoms with van der Waals surface area (Å²) in [5.74, 6) is -1.42. The van der Waals surface area contributed by atoms with Crippen molar-refractivity contribution in [3.63, 3.8) is 0 Å². The van der Waals surface area contributed by atoms with Gasteiger partial charge in [-0.15, -0.1) is 0 Å². The van der Waals surface area contributed by atoms with Crippen molar-refractivity contribution in [2.45, 2.75) is 71.2 Å². The Labute approximate surface area is 288 Å². The standard InChI is InChI=1S/C31H36N2O11.Ca/c1-14(2)7-8-16-13-17(9-11-19(16)34)27(37)33-21-22(35)18-10-12-20(15(3)24(18)42-28(21)38)41-29-23(36)25(43-30(32)39)26(40-6)31(4,5)44-29;/h7,9-13,23,25-26,29,34-36H,8H2,1-6H3,(H2,32,39)(H,33,37);/q;+2/p-1. The van der Waals surface area contributed by atoms with Crippen LogP contribution in [0, 0.1) is 6.92 Å². The normalized spacial score (nSPS) is 20.5. The number of hydrogen-bond donors (Lipinski definition) is 4. The van der Waals surface area contributed by atoms with Crippen LogP contribution in [0.2, 0.25) is 0 Å². The van der Waals surface area contributed by atoms with Gasteiger partial charge in [0.15, 0.2) is 12.2 Å². The first kappa shape index (κ1) is 36.1. The summed E-state index contributed by atoms with van der Waals surface area (Å²) in [6, 6.07) is 6.96. The fourth-order valence-electron chi connectivity index (χ4n) is 5.05. The maximum absolute atomic E-state index is 13.3. The van der Waals surface area contributed by atoms with E-state index < -0.39 is 59.3 Å². The molecule has 3 aromatic rings. The smallest absolute Gasteiger partial charge is 0.870 e. The fraction of sp³-hybridized carbons (Fsp3) is 0.387. The number of nitrogens with two attached hydrogens (primary N) is 1. The van der Waals surface area contributed by atoms with E-state index >= 15 is 0 Å². The number of phenols is 1. The third kappa shape index (κ3) is 7.74. The summed E-state index contributed by atoms with van der Waals surface area (Å²) >= 11 is 0. The Morgan fingerprint density at radius 2 is 1.89 bits per heavy atom. The third-order valence-corrected chi connectivity index (χ3v) is 7.31. The van der Waals surface area contributed by atoms with Crippen molar-refractivity contribution < 1.29 is 48.3 Å². The van der Waals surface area contributed by atoms with Crippen LogP contribution in [-0.2, 0) is 20.6 Å². The predicted octanol–water partition coefficient (Wildman–Crippen LogP) is 2.61. The predicted molar refractivity (Wildman–Crippen MR) is 162 cm³/mol. The van der Waals surface area contributed by atoms with Crippen LogP contribution in [0.3, 0.4) is 0 Å². The molecule has 14 heteroatoms. The molecule has 2 aromatic carbocycles. The van der Waals surface area contributed by atoms with Crippen LogP contribution in [0.5, 0.6) is 17.2 Å². The van der Waals surface area contributed by atoms with E-state index in [4.69, 9.17) is 29.1 Å². The minimum absolute atomic E-state index is 0. The van der Waals surface area contributed by atoms with Gasteiger partial charge in [-0.3, -0.25) is 4.79 Å². The number of carbonyl (C=O) groups is 2. The first-order valence-corrected chi connectivity index (χ1v) is 13.7. The molecule has 0 saturated carbocycles. The number of ether oxygens (including phenoxy) is 4. The number of carbonyl (C=O) groups excluding carboxylic acids is 2. The number of phenolic OH excluding ortho intramolecular Hbond substituents is 1. The molecule has 2 heterocycles. The third-order valence-electron chi connectivity index (χ3n) is 7.31. The van der Waals surface area contributed by atoms with Crippen molar-refractivity contribution in [3.8, 4) is 17.2 Å². The molecule has 4 atom stereocenters. The van der Waals surface area contributed by atoms with Gasteiger partial charge in [-0.25, -0.2) is 9.59 Å². The number of aliphatic hydroxyl groups is 1. The molecule has 0 bridgehead atoms. The van der Waals surface area contributed by atoms with Crippen molar-refractivity contribution in [1.29, 1.82) is 0 Å². The number of aromatic hydroxyl groups is 1. The minimum atomic E-state index is -1.53. The number of rotatable bonds is 8. The van der Waals surface area contributed by atoms with Gasteiger partial charge in [0, 0.05) is 23.6 Å². The summed E-state index contributed by atoms with van der Waals surface area (Å²) in [5.41, 5.74) is 4.19. The van der Waals surface area contributed by atoms with Gasteiger partial charge < -0.3 is 49.7 Å². The Morgan fingerprint density at radius 3 is 2.51 bits per heavy atom. The molecule has 236 valence electrons. The van der Waals surface area contributed by atoms with Crippen molar-refractivity contribution in [1.82, 2.24) is 0 Å². The van der Waals surface area contributed by atoms with E-state index in [0.29, 0.717) is 12.0 Å².